The molecule has 0 bridgehead atoms. The molecule has 0 unspecified atom stereocenters. The van der Waals surface area contributed by atoms with Crippen molar-refractivity contribution in [2.75, 3.05) is 31.1 Å². The van der Waals surface area contributed by atoms with Crippen molar-refractivity contribution in [3.05, 3.63) is 71.7 Å². The average Bonchev–Trinajstić information content (AvgIpc) is 3.24. The van der Waals surface area contributed by atoms with Gasteiger partial charge < -0.3 is 14.2 Å². The number of aromatic nitrogens is 1. The summed E-state index contributed by atoms with van der Waals surface area (Å²) in [4.78, 5) is 20.7. The number of amides is 1. The molecular weight excluding hydrogens is 419 g/mol. The Balaban J connectivity index is 1.26. The van der Waals surface area contributed by atoms with Crippen LogP contribution < -0.4 is 4.90 Å². The number of hydrogen-bond donors (Lipinski definition) is 0. The van der Waals surface area contributed by atoms with Crippen LogP contribution in [0.4, 0.5) is 18.9 Å². The number of alkyl halides is 3. The van der Waals surface area contributed by atoms with Gasteiger partial charge in [-0.25, -0.2) is 4.98 Å². The molecule has 0 saturated carbocycles. The second-order valence-electron chi connectivity index (χ2n) is 7.85. The van der Waals surface area contributed by atoms with E-state index in [1.54, 1.807) is 6.20 Å². The van der Waals surface area contributed by atoms with Crippen LogP contribution in [0.2, 0.25) is 0 Å². The third-order valence-electron chi connectivity index (χ3n) is 5.68. The van der Waals surface area contributed by atoms with Crippen molar-refractivity contribution in [3.8, 4) is 11.3 Å². The minimum absolute atomic E-state index is 0.0283. The van der Waals surface area contributed by atoms with Crippen LogP contribution in [0.25, 0.3) is 11.3 Å². The van der Waals surface area contributed by atoms with E-state index >= 15 is 0 Å². The molecule has 2 heterocycles. The zero-order valence-corrected chi connectivity index (χ0v) is 17.7. The van der Waals surface area contributed by atoms with Crippen LogP contribution in [0.3, 0.4) is 0 Å². The molecule has 4 rings (SSSR count). The summed E-state index contributed by atoms with van der Waals surface area (Å²) in [7, 11) is 0. The van der Waals surface area contributed by atoms with Crippen LogP contribution in [0, 0.1) is 6.92 Å². The highest BCUT2D eigenvalue weighted by atomic mass is 19.4. The minimum Gasteiger partial charge on any atom is -0.441 e. The highest BCUT2D eigenvalue weighted by Gasteiger charge is 2.30. The van der Waals surface area contributed by atoms with Crippen molar-refractivity contribution in [2.45, 2.75) is 25.9 Å². The van der Waals surface area contributed by atoms with Crippen LogP contribution in [0.1, 0.15) is 23.4 Å². The first kappa shape index (κ1) is 21.9. The summed E-state index contributed by atoms with van der Waals surface area (Å²) >= 11 is 0. The fraction of sp³-hybridized carbons (Fsp3) is 0.333. The Labute approximate surface area is 184 Å². The van der Waals surface area contributed by atoms with E-state index in [0.29, 0.717) is 25.4 Å². The predicted octanol–water partition coefficient (Wildman–Crippen LogP) is 4.95. The van der Waals surface area contributed by atoms with Gasteiger partial charge in [0.05, 0.1) is 11.8 Å². The molecule has 0 spiro atoms. The highest BCUT2D eigenvalue weighted by Crippen LogP contribution is 2.29. The topological polar surface area (TPSA) is 49.6 Å². The number of nitrogens with zero attached hydrogens (tertiary/aromatic N) is 3. The monoisotopic (exact) mass is 443 g/mol. The van der Waals surface area contributed by atoms with Crippen molar-refractivity contribution in [1.29, 1.82) is 0 Å². The second-order valence-corrected chi connectivity index (χ2v) is 7.85. The zero-order valence-electron chi connectivity index (χ0n) is 17.7. The van der Waals surface area contributed by atoms with Crippen LogP contribution in [-0.4, -0.2) is 42.0 Å². The molecule has 1 fully saturated rings. The minimum atomic E-state index is -4.34. The molecule has 168 valence electrons. The molecule has 1 aliphatic rings. The number of anilines is 1. The lowest BCUT2D eigenvalue weighted by molar-refractivity contribution is -0.137. The molecule has 0 aliphatic carbocycles. The molecular formula is C24H24F3N3O2. The van der Waals surface area contributed by atoms with Gasteiger partial charge in [0.1, 0.15) is 0 Å². The summed E-state index contributed by atoms with van der Waals surface area (Å²) in [6, 6.07) is 13.1. The fourth-order valence-electron chi connectivity index (χ4n) is 3.82. The maximum absolute atomic E-state index is 12.7. The molecule has 3 aromatic rings. The second kappa shape index (κ2) is 9.06. The molecule has 2 aromatic carbocycles. The number of carbonyl (C=O) groups excluding carboxylic acids is 1. The molecule has 1 aromatic heterocycles. The number of hydrogen-bond acceptors (Lipinski definition) is 4. The molecule has 8 heteroatoms. The van der Waals surface area contributed by atoms with Crippen molar-refractivity contribution in [3.63, 3.8) is 0 Å². The summed E-state index contributed by atoms with van der Waals surface area (Å²) in [5, 5.41) is 0. The summed E-state index contributed by atoms with van der Waals surface area (Å²) in [6.45, 7) is 4.51. The Bertz CT molecular complexity index is 1050. The largest absolute Gasteiger partial charge is 0.441 e. The number of carbonyl (C=O) groups is 1. The predicted molar refractivity (Wildman–Crippen MR) is 115 cm³/mol. The number of halogens is 3. The number of aryl methyl sites for hydroxylation is 2. The van der Waals surface area contributed by atoms with Gasteiger partial charge in [-0.2, -0.15) is 13.2 Å². The molecule has 0 atom stereocenters. The smallest absolute Gasteiger partial charge is 0.416 e. The maximum Gasteiger partial charge on any atom is 0.416 e. The van der Waals surface area contributed by atoms with Gasteiger partial charge >= 0.3 is 6.18 Å². The van der Waals surface area contributed by atoms with Crippen LogP contribution in [-0.2, 0) is 17.4 Å². The van der Waals surface area contributed by atoms with E-state index in [9.17, 15) is 18.0 Å². The number of rotatable bonds is 5. The fourth-order valence-corrected chi connectivity index (χ4v) is 3.82. The molecule has 0 radical (unpaired) electrons. The van der Waals surface area contributed by atoms with E-state index in [4.69, 9.17) is 4.42 Å². The van der Waals surface area contributed by atoms with E-state index in [1.165, 1.54) is 12.1 Å². The lowest BCUT2D eigenvalue weighted by Crippen LogP contribution is -2.48. The van der Waals surface area contributed by atoms with Gasteiger partial charge in [0.25, 0.3) is 0 Å². The highest BCUT2D eigenvalue weighted by molar-refractivity contribution is 5.77. The number of oxazole rings is 1. The summed E-state index contributed by atoms with van der Waals surface area (Å²) in [5.41, 5.74) is 2.10. The van der Waals surface area contributed by atoms with Crippen LogP contribution in [0.15, 0.2) is 59.1 Å². The first-order chi connectivity index (χ1) is 15.3. The van der Waals surface area contributed by atoms with Gasteiger partial charge in [-0.3, -0.25) is 4.79 Å². The Morgan fingerprint density at radius 2 is 1.66 bits per heavy atom. The van der Waals surface area contributed by atoms with Crippen LogP contribution >= 0.6 is 0 Å². The van der Waals surface area contributed by atoms with Crippen molar-refractivity contribution in [1.82, 2.24) is 9.88 Å². The lowest BCUT2D eigenvalue weighted by Gasteiger charge is -2.36. The molecule has 1 saturated heterocycles. The summed E-state index contributed by atoms with van der Waals surface area (Å²) in [5.74, 6) is 1.39. The van der Waals surface area contributed by atoms with Crippen LogP contribution in [0.5, 0.6) is 0 Å². The Morgan fingerprint density at radius 3 is 2.22 bits per heavy atom. The Kier molecular flexibility index (Phi) is 6.21. The van der Waals surface area contributed by atoms with Gasteiger partial charge in [0.2, 0.25) is 5.91 Å². The molecule has 1 aliphatic heterocycles. The lowest BCUT2D eigenvalue weighted by atomic mass is 10.1. The molecule has 0 N–H and O–H groups in total. The first-order valence-corrected chi connectivity index (χ1v) is 10.5. The third-order valence-corrected chi connectivity index (χ3v) is 5.68. The van der Waals surface area contributed by atoms with E-state index in [0.717, 1.165) is 47.8 Å². The van der Waals surface area contributed by atoms with Gasteiger partial charge in [-0.1, -0.05) is 12.1 Å². The van der Waals surface area contributed by atoms with Crippen molar-refractivity contribution < 1.29 is 22.4 Å². The zero-order chi connectivity index (χ0) is 22.7. The molecule has 5 nitrogen and oxygen atoms in total. The van der Waals surface area contributed by atoms with E-state index < -0.39 is 11.7 Å². The maximum atomic E-state index is 12.7. The first-order valence-electron chi connectivity index (χ1n) is 10.5. The summed E-state index contributed by atoms with van der Waals surface area (Å²) < 4.78 is 43.5. The standard InChI is InChI=1S/C24H24F3N3O2/c1-17-28-16-22(32-17)19-5-9-21(10-6-19)29-12-14-30(15-13-29)23(31)11-4-18-2-7-20(8-3-18)24(25,26)27/h2-3,5-10,16H,4,11-15H2,1H3. The van der Waals surface area contributed by atoms with Crippen molar-refractivity contribution >= 4 is 11.6 Å². The number of benzene rings is 2. The quantitative estimate of drug-likeness (QED) is 0.560. The van der Waals surface area contributed by atoms with Crippen molar-refractivity contribution in [2.24, 2.45) is 0 Å². The summed E-state index contributed by atoms with van der Waals surface area (Å²) in [6.07, 6.45) is -1.92. The van der Waals surface area contributed by atoms with E-state index in [1.807, 2.05) is 36.1 Å². The normalized spacial score (nSPS) is 14.6. The van der Waals surface area contributed by atoms with Gasteiger partial charge in [-0.05, 0) is 48.4 Å². The average molecular weight is 443 g/mol. The third kappa shape index (κ3) is 5.12. The number of piperazine rings is 1. The SMILES string of the molecule is Cc1ncc(-c2ccc(N3CCN(C(=O)CCc4ccc(C(F)(F)F)cc4)CC3)cc2)o1. The Morgan fingerprint density at radius 1 is 1.00 bits per heavy atom. The van der Waals surface area contributed by atoms with E-state index in [2.05, 4.69) is 9.88 Å². The molecule has 1 amide bonds. The van der Waals surface area contributed by atoms with Gasteiger partial charge in [0, 0.05) is 50.8 Å². The van der Waals surface area contributed by atoms with E-state index in [-0.39, 0.29) is 12.3 Å². The van der Waals surface area contributed by atoms with Gasteiger partial charge in [0.15, 0.2) is 11.7 Å². The Hall–Kier alpha value is -3.29. The van der Waals surface area contributed by atoms with Gasteiger partial charge in [-0.15, -0.1) is 0 Å². The molecule has 32 heavy (non-hydrogen) atoms.